The molecule has 0 bridgehead atoms. The second-order valence-corrected chi connectivity index (χ2v) is 1.77. The lowest BCUT2D eigenvalue weighted by molar-refractivity contribution is 0.460. The Morgan fingerprint density at radius 2 is 1.83 bits per heavy atom. The van der Waals surface area contributed by atoms with E-state index in [0.717, 1.165) is 0 Å². The van der Waals surface area contributed by atoms with Gasteiger partial charge in [0.25, 0.3) is 0 Å². The van der Waals surface area contributed by atoms with Crippen molar-refractivity contribution >= 4 is 23.2 Å². The van der Waals surface area contributed by atoms with Gasteiger partial charge in [0.15, 0.2) is 0 Å². The molecule has 6 heavy (non-hydrogen) atoms. The molecule has 0 atom stereocenters. The van der Waals surface area contributed by atoms with E-state index in [4.69, 9.17) is 6.57 Å². The van der Waals surface area contributed by atoms with Crippen LogP contribution in [0.2, 0.25) is 0 Å². The summed E-state index contributed by atoms with van der Waals surface area (Å²) in [5.74, 6) is 0. The summed E-state index contributed by atoms with van der Waals surface area (Å²) in [6.45, 7) is 5.84. The number of nitrogens with zero attached hydrogens (tertiary/aromatic N) is 1. The standard InChI is InChI=1S/C2Cl2FN/c1-6-2(3,4)5. The van der Waals surface area contributed by atoms with Gasteiger partial charge in [0.2, 0.25) is 0 Å². The van der Waals surface area contributed by atoms with E-state index in [1.807, 2.05) is 0 Å². The van der Waals surface area contributed by atoms with Crippen LogP contribution in [0.4, 0.5) is 4.39 Å². The predicted octanol–water partition coefficient (Wildman–Crippen LogP) is 1.96. The van der Waals surface area contributed by atoms with Crippen molar-refractivity contribution in [2.75, 3.05) is 0 Å². The molecule has 0 amide bonds. The van der Waals surface area contributed by atoms with E-state index >= 15 is 0 Å². The van der Waals surface area contributed by atoms with Crippen LogP contribution in [0.3, 0.4) is 0 Å². The van der Waals surface area contributed by atoms with E-state index in [2.05, 4.69) is 28.0 Å². The van der Waals surface area contributed by atoms with Crippen molar-refractivity contribution in [1.82, 2.24) is 0 Å². The normalized spacial score (nSPS) is 10.3. The number of rotatable bonds is 0. The minimum Gasteiger partial charge on any atom is -0.243 e. The van der Waals surface area contributed by atoms with Crippen molar-refractivity contribution in [1.29, 1.82) is 0 Å². The molecule has 0 aliphatic rings. The third-order valence-corrected chi connectivity index (χ3v) is 0.296. The summed E-state index contributed by atoms with van der Waals surface area (Å²) in [4.78, 5) is 2.14. The SMILES string of the molecule is [C-]#[N+]C(F)(Cl)Cl. The molecule has 1 nitrogen and oxygen atoms in total. The minimum absolute atomic E-state index is 2.14. The van der Waals surface area contributed by atoms with Gasteiger partial charge in [-0.05, 0) is 0 Å². The van der Waals surface area contributed by atoms with E-state index in [1.54, 1.807) is 0 Å². The Hall–Kier alpha value is -0.000000000000000111. The molecule has 0 aromatic heterocycles. The average Bonchev–Trinajstić information content (AvgIpc) is 1.35. The third kappa shape index (κ3) is 4.00. The fraction of sp³-hybridized carbons (Fsp3) is 0.500. The summed E-state index contributed by atoms with van der Waals surface area (Å²) in [6.07, 6.45) is 0. The highest BCUT2D eigenvalue weighted by Crippen LogP contribution is 2.22. The molecule has 0 radical (unpaired) electrons. The van der Waals surface area contributed by atoms with Gasteiger partial charge in [-0.3, -0.25) is 0 Å². The molecule has 0 aliphatic carbocycles. The van der Waals surface area contributed by atoms with Crippen LogP contribution >= 0.6 is 23.2 Å². The Kier molecular flexibility index (Phi) is 1.63. The predicted molar refractivity (Wildman–Crippen MR) is 22.1 cm³/mol. The lowest BCUT2D eigenvalue weighted by Crippen LogP contribution is -1.90. The molecule has 0 saturated heterocycles. The van der Waals surface area contributed by atoms with Crippen molar-refractivity contribution in [2.24, 2.45) is 0 Å². The highest BCUT2D eigenvalue weighted by atomic mass is 35.5. The second-order valence-electron chi connectivity index (χ2n) is 0.580. The Morgan fingerprint density at radius 1 is 1.67 bits per heavy atom. The van der Waals surface area contributed by atoms with Crippen LogP contribution in [0.25, 0.3) is 4.85 Å². The molecule has 0 aliphatic heterocycles. The van der Waals surface area contributed by atoms with Crippen molar-refractivity contribution in [3.05, 3.63) is 11.4 Å². The number of hydrogen-bond donors (Lipinski definition) is 0. The van der Waals surface area contributed by atoms with Gasteiger partial charge < -0.3 is 0 Å². The van der Waals surface area contributed by atoms with Gasteiger partial charge in [0.1, 0.15) is 0 Å². The van der Waals surface area contributed by atoms with Crippen molar-refractivity contribution in [3.63, 3.8) is 0 Å². The van der Waals surface area contributed by atoms with Gasteiger partial charge in [-0.1, -0.05) is 0 Å². The maximum absolute atomic E-state index is 11.3. The zero-order valence-corrected chi connectivity index (χ0v) is 4.09. The van der Waals surface area contributed by atoms with E-state index in [9.17, 15) is 4.39 Å². The topological polar surface area (TPSA) is 4.36 Å². The van der Waals surface area contributed by atoms with Gasteiger partial charge in [-0.25, -0.2) is 11.4 Å². The first-order valence-corrected chi connectivity index (χ1v) is 1.77. The zero-order valence-electron chi connectivity index (χ0n) is 2.58. The number of alkyl halides is 3. The van der Waals surface area contributed by atoms with Crippen LogP contribution in [0.5, 0.6) is 0 Å². The van der Waals surface area contributed by atoms with Gasteiger partial charge in [-0.15, -0.1) is 4.39 Å². The zero-order chi connectivity index (χ0) is 5.21. The highest BCUT2D eigenvalue weighted by Gasteiger charge is 2.27. The Bertz CT molecular complexity index is 78.5. The van der Waals surface area contributed by atoms with Crippen LogP contribution in [-0.4, -0.2) is 4.71 Å². The summed E-state index contributed by atoms with van der Waals surface area (Å²) in [5.41, 5.74) is 0. The molecule has 0 heterocycles. The van der Waals surface area contributed by atoms with Crippen molar-refractivity contribution < 1.29 is 4.39 Å². The first kappa shape index (κ1) is 6.00. The third-order valence-electron chi connectivity index (χ3n) is 0.127. The lowest BCUT2D eigenvalue weighted by Gasteiger charge is -1.84. The van der Waals surface area contributed by atoms with Gasteiger partial charge in [-0.2, -0.15) is 0 Å². The molecule has 0 unspecified atom stereocenters. The van der Waals surface area contributed by atoms with E-state index in [1.165, 1.54) is 0 Å². The summed E-state index contributed by atoms with van der Waals surface area (Å²) >= 11 is 8.92. The molecule has 0 aromatic carbocycles. The van der Waals surface area contributed by atoms with Crippen LogP contribution in [0.1, 0.15) is 0 Å². The maximum Gasteiger partial charge on any atom is 0.537 e. The smallest absolute Gasteiger partial charge is 0.243 e. The van der Waals surface area contributed by atoms with Crippen LogP contribution in [-0.2, 0) is 0 Å². The first-order valence-electron chi connectivity index (χ1n) is 1.01. The molecule has 0 fully saturated rings. The second kappa shape index (κ2) is 1.63. The minimum atomic E-state index is -2.72. The molecule has 0 spiro atoms. The molecular formula is C2Cl2FN. The fourth-order valence-corrected chi connectivity index (χ4v) is 0. The summed E-state index contributed by atoms with van der Waals surface area (Å²) < 4.78 is 8.57. The van der Waals surface area contributed by atoms with E-state index < -0.39 is 4.71 Å². The van der Waals surface area contributed by atoms with Gasteiger partial charge in [0, 0.05) is 23.2 Å². The number of halogens is 3. The van der Waals surface area contributed by atoms with Crippen LogP contribution in [0, 0.1) is 6.57 Å². The summed E-state index contributed by atoms with van der Waals surface area (Å²) in [7, 11) is 0. The van der Waals surface area contributed by atoms with Gasteiger partial charge >= 0.3 is 4.71 Å². The van der Waals surface area contributed by atoms with E-state index in [0.29, 0.717) is 0 Å². The number of hydrogen-bond acceptors (Lipinski definition) is 0. The average molecular weight is 128 g/mol. The molecule has 4 heteroatoms. The Labute approximate surface area is 44.5 Å². The maximum atomic E-state index is 11.3. The van der Waals surface area contributed by atoms with E-state index in [-0.39, 0.29) is 0 Å². The highest BCUT2D eigenvalue weighted by molar-refractivity contribution is 6.47. The molecule has 0 saturated carbocycles. The summed E-state index contributed by atoms with van der Waals surface area (Å²) in [6, 6.07) is 0. The molecule has 0 rings (SSSR count). The molecule has 0 N–H and O–H groups in total. The van der Waals surface area contributed by atoms with Crippen molar-refractivity contribution in [3.8, 4) is 0 Å². The molecule has 0 aromatic rings. The van der Waals surface area contributed by atoms with Gasteiger partial charge in [0.05, 0.1) is 0 Å². The summed E-state index contributed by atoms with van der Waals surface area (Å²) in [5, 5.41) is 0. The van der Waals surface area contributed by atoms with Crippen LogP contribution in [0.15, 0.2) is 0 Å². The first-order chi connectivity index (χ1) is 2.56. The Morgan fingerprint density at radius 3 is 1.83 bits per heavy atom. The van der Waals surface area contributed by atoms with Crippen LogP contribution < -0.4 is 0 Å². The molecular weight excluding hydrogens is 128 g/mol. The monoisotopic (exact) mass is 127 g/mol. The quantitative estimate of drug-likeness (QED) is 0.267. The lowest BCUT2D eigenvalue weighted by atomic mass is 11.3. The largest absolute Gasteiger partial charge is 0.537 e. The van der Waals surface area contributed by atoms with Crippen molar-refractivity contribution in [2.45, 2.75) is 4.71 Å². The molecule has 34 valence electrons. The fourth-order valence-electron chi connectivity index (χ4n) is 0. The Balaban J connectivity index is 3.55.